The summed E-state index contributed by atoms with van der Waals surface area (Å²) in [6.07, 6.45) is 3.01. The number of phenols is 1. The van der Waals surface area contributed by atoms with E-state index in [9.17, 15) is 5.11 Å². The van der Waals surface area contributed by atoms with Crippen molar-refractivity contribution in [2.45, 2.75) is 18.9 Å². The Morgan fingerprint density at radius 2 is 2.24 bits per heavy atom. The molecule has 2 aromatic rings. The molecule has 1 aromatic carbocycles. The molecule has 0 radical (unpaired) electrons. The number of ether oxygens (including phenoxy) is 1. The average Bonchev–Trinajstić information content (AvgIpc) is 2.98. The number of phenolic OH excluding ortho intramolecular Hbond substituents is 1. The molecule has 1 aliphatic heterocycles. The Morgan fingerprint density at radius 1 is 1.33 bits per heavy atom. The Labute approximate surface area is 125 Å². The fourth-order valence-corrected chi connectivity index (χ4v) is 2.91. The highest BCUT2D eigenvalue weighted by Gasteiger charge is 2.24. The number of rotatable bonds is 4. The first-order valence-electron chi connectivity index (χ1n) is 7.25. The molecule has 1 aliphatic rings. The maximum atomic E-state index is 9.64. The summed E-state index contributed by atoms with van der Waals surface area (Å²) in [5.41, 5.74) is 2.34. The zero-order valence-electron chi connectivity index (χ0n) is 12.2. The summed E-state index contributed by atoms with van der Waals surface area (Å²) in [4.78, 5) is 6.88. The summed E-state index contributed by atoms with van der Waals surface area (Å²) in [5.74, 6) is 1.24. The van der Waals surface area contributed by atoms with Gasteiger partial charge in [-0.25, -0.2) is 0 Å². The lowest BCUT2D eigenvalue weighted by Gasteiger charge is -2.16. The van der Waals surface area contributed by atoms with Crippen LogP contribution in [0, 0.1) is 0 Å². The number of benzene rings is 1. The van der Waals surface area contributed by atoms with Crippen molar-refractivity contribution >= 4 is 0 Å². The Balaban J connectivity index is 1.65. The minimum Gasteiger partial charge on any atom is -0.504 e. The Bertz CT molecular complexity index is 601. The molecule has 0 bridgehead atoms. The highest BCUT2D eigenvalue weighted by molar-refractivity contribution is 5.41. The topological polar surface area (TPSA) is 45.6 Å². The molecule has 1 fully saturated rings. The van der Waals surface area contributed by atoms with E-state index >= 15 is 0 Å². The summed E-state index contributed by atoms with van der Waals surface area (Å²) in [5, 5.41) is 9.64. The van der Waals surface area contributed by atoms with Gasteiger partial charge in [0.05, 0.1) is 7.11 Å². The summed E-state index contributed by atoms with van der Waals surface area (Å²) in [6.45, 7) is 2.98. The van der Waals surface area contributed by atoms with Gasteiger partial charge in [-0.05, 0) is 42.8 Å². The van der Waals surface area contributed by atoms with Crippen LogP contribution in [0.15, 0.2) is 42.6 Å². The molecule has 3 rings (SSSR count). The molecule has 0 unspecified atom stereocenters. The van der Waals surface area contributed by atoms with Crippen LogP contribution in [0.3, 0.4) is 0 Å². The highest BCUT2D eigenvalue weighted by Crippen LogP contribution is 2.29. The number of likely N-dealkylation sites (tertiary alicyclic amines) is 1. The molecule has 1 aromatic heterocycles. The summed E-state index contributed by atoms with van der Waals surface area (Å²) >= 11 is 0. The molecule has 4 nitrogen and oxygen atoms in total. The summed E-state index contributed by atoms with van der Waals surface area (Å²) < 4.78 is 5.16. The average molecular weight is 284 g/mol. The predicted octanol–water partition coefficient (Wildman–Crippen LogP) is 2.79. The standard InChI is InChI=1S/C17H20N2O2/c1-21-17-10-13(5-6-16(17)20)11-19-9-7-14(12-19)15-4-2-3-8-18-15/h2-6,8,10,14,20H,7,9,11-12H2,1H3/t14-/m0/s1. The zero-order chi connectivity index (χ0) is 14.7. The van der Waals surface area contributed by atoms with E-state index in [1.807, 2.05) is 24.4 Å². The molecular weight excluding hydrogens is 264 g/mol. The molecule has 1 N–H and O–H groups in total. The molecule has 0 amide bonds. The van der Waals surface area contributed by atoms with E-state index in [1.165, 1.54) is 5.69 Å². The fourth-order valence-electron chi connectivity index (χ4n) is 2.91. The molecule has 1 saturated heterocycles. The van der Waals surface area contributed by atoms with Crippen LogP contribution in [-0.2, 0) is 6.54 Å². The maximum Gasteiger partial charge on any atom is 0.160 e. The normalized spacial score (nSPS) is 18.8. The van der Waals surface area contributed by atoms with E-state index < -0.39 is 0 Å². The second kappa shape index (κ2) is 6.14. The van der Waals surface area contributed by atoms with E-state index in [0.717, 1.165) is 31.6 Å². The van der Waals surface area contributed by atoms with Crippen LogP contribution in [0.4, 0.5) is 0 Å². The lowest BCUT2D eigenvalue weighted by Crippen LogP contribution is -2.19. The first-order valence-corrected chi connectivity index (χ1v) is 7.25. The van der Waals surface area contributed by atoms with E-state index in [4.69, 9.17) is 4.74 Å². The van der Waals surface area contributed by atoms with Gasteiger partial charge < -0.3 is 9.84 Å². The van der Waals surface area contributed by atoms with Crippen LogP contribution in [0.1, 0.15) is 23.6 Å². The molecule has 0 saturated carbocycles. The van der Waals surface area contributed by atoms with Gasteiger partial charge in [-0.3, -0.25) is 9.88 Å². The summed E-state index contributed by atoms with van der Waals surface area (Å²) in [7, 11) is 1.58. The van der Waals surface area contributed by atoms with Crippen molar-refractivity contribution in [2.24, 2.45) is 0 Å². The third kappa shape index (κ3) is 3.16. The van der Waals surface area contributed by atoms with Crippen LogP contribution >= 0.6 is 0 Å². The van der Waals surface area contributed by atoms with E-state index in [1.54, 1.807) is 13.2 Å². The van der Waals surface area contributed by atoms with Crippen LogP contribution in [-0.4, -0.2) is 35.2 Å². The Hall–Kier alpha value is -2.07. The van der Waals surface area contributed by atoms with Gasteiger partial charge in [0, 0.05) is 30.9 Å². The molecule has 1 atom stereocenters. The Kier molecular flexibility index (Phi) is 4.06. The fraction of sp³-hybridized carbons (Fsp3) is 0.353. The van der Waals surface area contributed by atoms with Gasteiger partial charge >= 0.3 is 0 Å². The van der Waals surface area contributed by atoms with Gasteiger partial charge in [0.25, 0.3) is 0 Å². The molecule has 110 valence electrons. The molecular formula is C17H20N2O2. The molecule has 0 aliphatic carbocycles. The number of nitrogens with zero attached hydrogens (tertiary/aromatic N) is 2. The van der Waals surface area contributed by atoms with Crippen molar-refractivity contribution < 1.29 is 9.84 Å². The number of aromatic nitrogens is 1. The third-order valence-electron chi connectivity index (χ3n) is 4.03. The number of methoxy groups -OCH3 is 1. The molecule has 2 heterocycles. The predicted molar refractivity (Wildman–Crippen MR) is 81.5 cm³/mol. The van der Waals surface area contributed by atoms with Gasteiger partial charge in [0.1, 0.15) is 0 Å². The number of hydrogen-bond acceptors (Lipinski definition) is 4. The lowest BCUT2D eigenvalue weighted by atomic mass is 10.0. The van der Waals surface area contributed by atoms with Crippen LogP contribution in [0.2, 0.25) is 0 Å². The van der Waals surface area contributed by atoms with Crippen LogP contribution < -0.4 is 4.74 Å². The molecule has 21 heavy (non-hydrogen) atoms. The van der Waals surface area contributed by atoms with Crippen molar-refractivity contribution in [2.75, 3.05) is 20.2 Å². The van der Waals surface area contributed by atoms with Gasteiger partial charge in [-0.1, -0.05) is 12.1 Å². The number of hydrogen-bond donors (Lipinski definition) is 1. The second-order valence-corrected chi connectivity index (χ2v) is 5.48. The van der Waals surface area contributed by atoms with Crippen molar-refractivity contribution in [3.8, 4) is 11.5 Å². The van der Waals surface area contributed by atoms with Gasteiger partial charge in [0.2, 0.25) is 0 Å². The molecule has 0 spiro atoms. The smallest absolute Gasteiger partial charge is 0.160 e. The third-order valence-corrected chi connectivity index (χ3v) is 4.03. The first-order chi connectivity index (χ1) is 10.3. The van der Waals surface area contributed by atoms with Crippen LogP contribution in [0.25, 0.3) is 0 Å². The van der Waals surface area contributed by atoms with Crippen molar-refractivity contribution in [3.05, 3.63) is 53.9 Å². The second-order valence-electron chi connectivity index (χ2n) is 5.48. The van der Waals surface area contributed by atoms with Crippen LogP contribution in [0.5, 0.6) is 11.5 Å². The SMILES string of the molecule is COc1cc(CN2CC[C@H](c3ccccn3)C2)ccc1O. The van der Waals surface area contributed by atoms with Gasteiger partial charge in [-0.2, -0.15) is 0 Å². The maximum absolute atomic E-state index is 9.64. The van der Waals surface area contributed by atoms with Crippen molar-refractivity contribution in [1.29, 1.82) is 0 Å². The summed E-state index contributed by atoms with van der Waals surface area (Å²) in [6, 6.07) is 11.7. The monoisotopic (exact) mass is 284 g/mol. The minimum atomic E-state index is 0.189. The number of pyridine rings is 1. The largest absolute Gasteiger partial charge is 0.504 e. The lowest BCUT2D eigenvalue weighted by molar-refractivity contribution is 0.324. The Morgan fingerprint density at radius 3 is 3.00 bits per heavy atom. The van der Waals surface area contributed by atoms with Crippen molar-refractivity contribution in [3.63, 3.8) is 0 Å². The minimum absolute atomic E-state index is 0.189. The van der Waals surface area contributed by atoms with Gasteiger partial charge in [0.15, 0.2) is 11.5 Å². The van der Waals surface area contributed by atoms with E-state index in [-0.39, 0.29) is 5.75 Å². The van der Waals surface area contributed by atoms with Crippen molar-refractivity contribution in [1.82, 2.24) is 9.88 Å². The first kappa shape index (κ1) is 13.9. The zero-order valence-corrected chi connectivity index (χ0v) is 12.2. The van der Waals surface area contributed by atoms with E-state index in [0.29, 0.717) is 11.7 Å². The van der Waals surface area contributed by atoms with E-state index in [2.05, 4.69) is 22.0 Å². The quantitative estimate of drug-likeness (QED) is 0.937. The number of aromatic hydroxyl groups is 1. The molecule has 4 heteroatoms. The highest BCUT2D eigenvalue weighted by atomic mass is 16.5. The van der Waals surface area contributed by atoms with Gasteiger partial charge in [-0.15, -0.1) is 0 Å².